The van der Waals surface area contributed by atoms with E-state index in [-0.39, 0.29) is 7.43 Å². The van der Waals surface area contributed by atoms with Crippen LogP contribution in [0.3, 0.4) is 0 Å². The summed E-state index contributed by atoms with van der Waals surface area (Å²) in [5.41, 5.74) is 14.4. The summed E-state index contributed by atoms with van der Waals surface area (Å²) in [7, 11) is 0. The number of rotatable bonds is 7. The average molecular weight is 563 g/mol. The molecule has 3 aliphatic rings. The minimum Gasteiger partial charge on any atom is -0.356 e. The van der Waals surface area contributed by atoms with Crippen LogP contribution in [-0.4, -0.2) is 0 Å². The molecule has 5 aromatic rings. The molecule has 3 atom stereocenters. The lowest BCUT2D eigenvalue weighted by Crippen LogP contribution is -2.32. The van der Waals surface area contributed by atoms with Gasteiger partial charge in [-0.15, -0.1) is 0 Å². The summed E-state index contributed by atoms with van der Waals surface area (Å²) in [6.07, 6.45) is 3.83. The summed E-state index contributed by atoms with van der Waals surface area (Å²) in [4.78, 5) is 0. The second-order valence-corrected chi connectivity index (χ2v) is 12.3. The SMILES string of the molecule is C.CC1=CC2c3c(-c4ccc(Nc5ccccc5)cc4)ccc(-c4ccc(Nc5ccccc5)cc4)c3C1CC2C(C)C. The van der Waals surface area contributed by atoms with Crippen LogP contribution >= 0.6 is 0 Å². The molecule has 0 amide bonds. The van der Waals surface area contributed by atoms with Crippen molar-refractivity contribution < 1.29 is 0 Å². The van der Waals surface area contributed by atoms with Gasteiger partial charge in [-0.2, -0.15) is 0 Å². The molecule has 0 aromatic heterocycles. The first-order valence-electron chi connectivity index (χ1n) is 15.3. The van der Waals surface area contributed by atoms with Gasteiger partial charge in [-0.3, -0.25) is 0 Å². The van der Waals surface area contributed by atoms with Gasteiger partial charge in [0.25, 0.3) is 0 Å². The Balaban J connectivity index is 0.00000329. The first kappa shape index (κ1) is 28.6. The molecular weight excluding hydrogens is 520 g/mol. The van der Waals surface area contributed by atoms with E-state index in [0.717, 1.165) is 22.7 Å². The van der Waals surface area contributed by atoms with Gasteiger partial charge >= 0.3 is 0 Å². The van der Waals surface area contributed by atoms with Gasteiger partial charge < -0.3 is 10.6 Å². The van der Waals surface area contributed by atoms with E-state index in [2.05, 4.69) is 147 Å². The zero-order chi connectivity index (χ0) is 28.6. The van der Waals surface area contributed by atoms with Gasteiger partial charge in [0.1, 0.15) is 0 Å². The molecule has 0 spiro atoms. The molecule has 3 aliphatic carbocycles. The van der Waals surface area contributed by atoms with Crippen LogP contribution in [0.5, 0.6) is 0 Å². The normalized spacial score (nSPS) is 18.4. The van der Waals surface area contributed by atoms with Gasteiger partial charge in [0.15, 0.2) is 0 Å². The summed E-state index contributed by atoms with van der Waals surface area (Å²) in [6.45, 7) is 7.16. The highest BCUT2D eigenvalue weighted by molar-refractivity contribution is 5.82. The van der Waals surface area contributed by atoms with E-state index in [4.69, 9.17) is 0 Å². The van der Waals surface area contributed by atoms with Crippen LogP contribution in [0, 0.1) is 11.8 Å². The van der Waals surface area contributed by atoms with Crippen molar-refractivity contribution in [2.45, 2.75) is 46.5 Å². The highest BCUT2D eigenvalue weighted by Gasteiger charge is 2.42. The number of para-hydroxylation sites is 2. The van der Waals surface area contributed by atoms with Crippen molar-refractivity contribution in [3.63, 3.8) is 0 Å². The van der Waals surface area contributed by atoms with Gasteiger partial charge in [0.05, 0.1) is 0 Å². The van der Waals surface area contributed by atoms with Gasteiger partial charge in [0, 0.05) is 34.6 Å². The number of benzene rings is 5. The Labute approximate surface area is 257 Å². The fourth-order valence-corrected chi connectivity index (χ4v) is 7.17. The molecule has 0 saturated heterocycles. The van der Waals surface area contributed by atoms with Crippen molar-refractivity contribution >= 4 is 22.7 Å². The molecule has 0 radical (unpaired) electrons. The van der Waals surface area contributed by atoms with E-state index in [1.165, 1.54) is 34.2 Å². The van der Waals surface area contributed by atoms with Crippen LogP contribution in [0.15, 0.2) is 133 Å². The van der Waals surface area contributed by atoms with Crippen LogP contribution in [0.1, 0.15) is 57.6 Å². The molecule has 0 fully saturated rings. The number of allylic oxidation sites excluding steroid dienone is 2. The molecule has 43 heavy (non-hydrogen) atoms. The van der Waals surface area contributed by atoms with E-state index >= 15 is 0 Å². The molecule has 0 saturated carbocycles. The van der Waals surface area contributed by atoms with E-state index in [0.29, 0.717) is 23.7 Å². The second-order valence-electron chi connectivity index (χ2n) is 12.3. The molecule has 8 rings (SSSR count). The maximum absolute atomic E-state index is 3.54. The summed E-state index contributed by atoms with van der Waals surface area (Å²) in [5.74, 6) is 2.22. The molecule has 0 heterocycles. The van der Waals surface area contributed by atoms with E-state index in [9.17, 15) is 0 Å². The largest absolute Gasteiger partial charge is 0.356 e. The quantitative estimate of drug-likeness (QED) is 0.193. The molecule has 3 unspecified atom stereocenters. The molecular formula is C41H42N2. The fraction of sp³-hybridized carbons (Fsp3) is 0.220. The van der Waals surface area contributed by atoms with Crippen LogP contribution in [0.2, 0.25) is 0 Å². The fourth-order valence-electron chi connectivity index (χ4n) is 7.17. The van der Waals surface area contributed by atoms with Crippen LogP contribution in [0.25, 0.3) is 22.3 Å². The minimum absolute atomic E-state index is 0. The number of nitrogens with one attached hydrogen (secondary N) is 2. The molecule has 2 heteroatoms. The van der Waals surface area contributed by atoms with Crippen molar-refractivity contribution in [3.8, 4) is 22.3 Å². The number of hydrogen-bond acceptors (Lipinski definition) is 2. The molecule has 2 N–H and O–H groups in total. The van der Waals surface area contributed by atoms with Gasteiger partial charge in [-0.05, 0) is 107 Å². The molecule has 5 aromatic carbocycles. The Kier molecular flexibility index (Phi) is 7.95. The molecule has 216 valence electrons. The first-order valence-corrected chi connectivity index (χ1v) is 15.3. The van der Waals surface area contributed by atoms with Crippen LogP contribution in [-0.2, 0) is 0 Å². The Morgan fingerprint density at radius 3 is 1.47 bits per heavy atom. The highest BCUT2D eigenvalue weighted by atomic mass is 14.9. The Morgan fingerprint density at radius 2 is 1.00 bits per heavy atom. The molecule has 2 nitrogen and oxygen atoms in total. The zero-order valence-electron chi connectivity index (χ0n) is 24.6. The van der Waals surface area contributed by atoms with E-state index < -0.39 is 0 Å². The topological polar surface area (TPSA) is 24.1 Å². The number of fused-ring (bicyclic) bond motifs is 1. The highest BCUT2D eigenvalue weighted by Crippen LogP contribution is 2.58. The summed E-state index contributed by atoms with van der Waals surface area (Å²) >= 11 is 0. The first-order chi connectivity index (χ1) is 20.5. The number of hydrogen-bond donors (Lipinski definition) is 2. The third kappa shape index (κ3) is 5.50. The van der Waals surface area contributed by atoms with Crippen molar-refractivity contribution in [2.75, 3.05) is 10.6 Å². The molecule has 0 aliphatic heterocycles. The van der Waals surface area contributed by atoms with E-state index in [1.54, 1.807) is 11.1 Å². The predicted molar refractivity (Wildman–Crippen MR) is 186 cm³/mol. The van der Waals surface area contributed by atoms with E-state index in [1.807, 2.05) is 12.1 Å². The predicted octanol–water partition coefficient (Wildman–Crippen LogP) is 11.9. The third-order valence-corrected chi connectivity index (χ3v) is 9.30. The lowest BCUT2D eigenvalue weighted by Gasteiger charge is -2.46. The van der Waals surface area contributed by atoms with Crippen LogP contribution < -0.4 is 10.6 Å². The lowest BCUT2D eigenvalue weighted by molar-refractivity contribution is 0.281. The van der Waals surface area contributed by atoms with Crippen molar-refractivity contribution in [1.29, 1.82) is 0 Å². The Bertz CT molecular complexity index is 1720. The van der Waals surface area contributed by atoms with Crippen molar-refractivity contribution in [2.24, 2.45) is 11.8 Å². The smallest absolute Gasteiger partial charge is 0.0384 e. The average Bonchev–Trinajstić information content (AvgIpc) is 3.02. The van der Waals surface area contributed by atoms with Gasteiger partial charge in [-0.1, -0.05) is 106 Å². The summed E-state index contributed by atoms with van der Waals surface area (Å²) < 4.78 is 0. The Hall–Kier alpha value is -4.56. The molecule has 2 bridgehead atoms. The van der Waals surface area contributed by atoms with Gasteiger partial charge in [-0.25, -0.2) is 0 Å². The van der Waals surface area contributed by atoms with Crippen molar-refractivity contribution in [1.82, 2.24) is 0 Å². The monoisotopic (exact) mass is 562 g/mol. The Morgan fingerprint density at radius 1 is 0.558 bits per heavy atom. The minimum atomic E-state index is 0. The zero-order valence-corrected chi connectivity index (χ0v) is 24.6. The number of anilines is 4. The summed E-state index contributed by atoms with van der Waals surface area (Å²) in [6, 6.07) is 43.5. The maximum atomic E-state index is 3.54. The summed E-state index contributed by atoms with van der Waals surface area (Å²) in [5, 5.41) is 7.07. The van der Waals surface area contributed by atoms with Gasteiger partial charge in [0.2, 0.25) is 0 Å². The second kappa shape index (κ2) is 12.0. The maximum Gasteiger partial charge on any atom is 0.0384 e. The third-order valence-electron chi connectivity index (χ3n) is 9.30. The lowest BCUT2D eigenvalue weighted by atomic mass is 9.58. The van der Waals surface area contributed by atoms with Crippen molar-refractivity contribution in [3.05, 3.63) is 144 Å². The standard InChI is InChI=1S/C40H38N2.CH4/c1-26(2)36-25-37-27(3)24-38(36)40-35(29-16-20-33(21-17-29)42-31-12-8-5-9-13-31)23-22-34(39(37)40)28-14-18-32(19-15-28)41-30-10-6-4-7-11-30;/h4-24,26,36-38,41-42H,25H2,1-3H3;1H4. The van der Waals surface area contributed by atoms with Crippen LogP contribution in [0.4, 0.5) is 22.7 Å².